The van der Waals surface area contributed by atoms with E-state index >= 15 is 0 Å². The number of piperidine rings is 1. The Morgan fingerprint density at radius 2 is 1.90 bits per heavy atom. The molecule has 9 heteroatoms. The Morgan fingerprint density at radius 1 is 1.16 bits per heavy atom. The topological polar surface area (TPSA) is 98.9 Å². The molecule has 2 fully saturated rings. The number of hydrogen-bond acceptors (Lipinski definition) is 6. The highest BCUT2D eigenvalue weighted by atomic mass is 19.1. The van der Waals surface area contributed by atoms with Crippen LogP contribution in [0.15, 0.2) is 34.9 Å². The summed E-state index contributed by atoms with van der Waals surface area (Å²) >= 11 is 0. The molecule has 3 heterocycles. The summed E-state index contributed by atoms with van der Waals surface area (Å²) in [6.45, 7) is 4.39. The molecule has 4 rings (SSSR count). The minimum atomic E-state index is -1.13. The summed E-state index contributed by atoms with van der Waals surface area (Å²) in [6, 6.07) is 7.92. The smallest absolute Gasteiger partial charge is 0.374 e. The number of hydrogen-bond donors (Lipinski definition) is 2. The van der Waals surface area contributed by atoms with Crippen LogP contribution in [-0.2, 0) is 11.2 Å². The number of amides is 1. The molecule has 2 aliphatic rings. The summed E-state index contributed by atoms with van der Waals surface area (Å²) in [4.78, 5) is 28.1. The molecule has 0 saturated carbocycles. The first-order valence-corrected chi connectivity index (χ1v) is 10.7. The van der Waals surface area contributed by atoms with E-state index in [0.717, 1.165) is 38.3 Å². The number of nitrogens with zero attached hydrogens (tertiary/aromatic N) is 3. The maximum absolute atomic E-state index is 13.1. The average Bonchev–Trinajstić information content (AvgIpc) is 3.25. The van der Waals surface area contributed by atoms with E-state index in [-0.39, 0.29) is 29.3 Å². The molecule has 2 N–H and O–H groups in total. The van der Waals surface area contributed by atoms with Crippen LogP contribution in [0.1, 0.15) is 29.1 Å². The van der Waals surface area contributed by atoms with Crippen LogP contribution in [0.2, 0.25) is 0 Å². The number of rotatable bonds is 6. The summed E-state index contributed by atoms with van der Waals surface area (Å²) in [6.07, 6.45) is 1.96. The van der Waals surface area contributed by atoms with Gasteiger partial charge in [-0.25, -0.2) is 9.18 Å². The molecule has 31 heavy (non-hydrogen) atoms. The predicted octanol–water partition coefficient (Wildman–Crippen LogP) is 2.02. The van der Waals surface area contributed by atoms with Crippen molar-refractivity contribution in [1.82, 2.24) is 15.4 Å². The van der Waals surface area contributed by atoms with Crippen molar-refractivity contribution >= 4 is 17.6 Å². The third-order valence-corrected chi connectivity index (χ3v) is 6.27. The zero-order valence-electron chi connectivity index (χ0n) is 17.3. The Labute approximate surface area is 180 Å². The van der Waals surface area contributed by atoms with Crippen LogP contribution in [-0.4, -0.2) is 66.3 Å². The number of nitrogens with one attached hydrogen (secondary N) is 1. The molecule has 0 unspecified atom stereocenters. The first kappa shape index (κ1) is 21.3. The molecule has 2 atom stereocenters. The number of anilines is 1. The van der Waals surface area contributed by atoms with Crippen LogP contribution in [0.3, 0.4) is 0 Å². The lowest BCUT2D eigenvalue weighted by Crippen LogP contribution is -2.50. The number of benzene rings is 1. The standard InChI is InChI=1S/C22H27FN4O4/c23-17-1-3-19(4-2-17)26-7-9-27(10-8-26)21(28)12-15-5-6-24-14-16(15)11-18-13-20(22(29)30)31-25-18/h1-4,13,15-16,24H,5-12,14H2,(H,29,30)/t15-,16+/m1/s1. The molecule has 0 spiro atoms. The number of aromatic carboxylic acids is 1. The van der Waals surface area contributed by atoms with Gasteiger partial charge in [0, 0.05) is 44.4 Å². The summed E-state index contributed by atoms with van der Waals surface area (Å²) in [5.41, 5.74) is 1.58. The molecule has 2 aliphatic heterocycles. The van der Waals surface area contributed by atoms with Crippen molar-refractivity contribution in [1.29, 1.82) is 0 Å². The van der Waals surface area contributed by atoms with Gasteiger partial charge in [0.15, 0.2) is 0 Å². The van der Waals surface area contributed by atoms with E-state index in [1.165, 1.54) is 18.2 Å². The summed E-state index contributed by atoms with van der Waals surface area (Å²) < 4.78 is 18.0. The lowest BCUT2D eigenvalue weighted by atomic mass is 9.81. The number of halogens is 1. The zero-order valence-corrected chi connectivity index (χ0v) is 17.3. The Hall–Kier alpha value is -2.94. The highest BCUT2D eigenvalue weighted by Crippen LogP contribution is 2.27. The van der Waals surface area contributed by atoms with Crippen molar-refractivity contribution in [2.45, 2.75) is 19.3 Å². The van der Waals surface area contributed by atoms with Crippen molar-refractivity contribution < 1.29 is 23.6 Å². The van der Waals surface area contributed by atoms with E-state index in [1.807, 2.05) is 4.90 Å². The third-order valence-electron chi connectivity index (χ3n) is 6.27. The molecule has 2 aromatic rings. The highest BCUT2D eigenvalue weighted by Gasteiger charge is 2.31. The van der Waals surface area contributed by atoms with Gasteiger partial charge in [-0.3, -0.25) is 4.79 Å². The fraction of sp³-hybridized carbons (Fsp3) is 0.500. The molecule has 8 nitrogen and oxygen atoms in total. The van der Waals surface area contributed by atoms with Gasteiger partial charge in [0.05, 0.1) is 5.69 Å². The number of piperazine rings is 1. The molecule has 1 aromatic carbocycles. The van der Waals surface area contributed by atoms with Crippen LogP contribution < -0.4 is 10.2 Å². The van der Waals surface area contributed by atoms with Crippen LogP contribution in [0.4, 0.5) is 10.1 Å². The van der Waals surface area contributed by atoms with E-state index in [4.69, 9.17) is 9.63 Å². The van der Waals surface area contributed by atoms with E-state index in [1.54, 1.807) is 12.1 Å². The normalized spacial score (nSPS) is 21.8. The Bertz CT molecular complexity index is 908. The molecule has 0 aliphatic carbocycles. The van der Waals surface area contributed by atoms with E-state index in [0.29, 0.717) is 31.6 Å². The van der Waals surface area contributed by atoms with Gasteiger partial charge in [-0.05, 0) is 62.0 Å². The Morgan fingerprint density at radius 3 is 2.58 bits per heavy atom. The monoisotopic (exact) mass is 430 g/mol. The van der Waals surface area contributed by atoms with Gasteiger partial charge in [0.25, 0.3) is 0 Å². The number of carbonyl (C=O) groups is 2. The van der Waals surface area contributed by atoms with Crippen molar-refractivity contribution in [3.63, 3.8) is 0 Å². The summed E-state index contributed by atoms with van der Waals surface area (Å²) in [5, 5.41) is 16.2. The fourth-order valence-electron chi connectivity index (χ4n) is 4.48. The van der Waals surface area contributed by atoms with Crippen LogP contribution in [0, 0.1) is 17.7 Å². The van der Waals surface area contributed by atoms with Gasteiger partial charge >= 0.3 is 5.97 Å². The lowest BCUT2D eigenvalue weighted by Gasteiger charge is -2.38. The van der Waals surface area contributed by atoms with Crippen molar-refractivity contribution in [2.75, 3.05) is 44.2 Å². The van der Waals surface area contributed by atoms with Gasteiger partial charge in [0.1, 0.15) is 5.82 Å². The minimum absolute atomic E-state index is 0.155. The molecule has 1 aromatic heterocycles. The fourth-order valence-corrected chi connectivity index (χ4v) is 4.48. The zero-order chi connectivity index (χ0) is 21.8. The molecule has 0 bridgehead atoms. The second-order valence-corrected chi connectivity index (χ2v) is 8.25. The van der Waals surface area contributed by atoms with Crippen molar-refractivity contribution in [3.05, 3.63) is 47.6 Å². The molecular formula is C22H27FN4O4. The minimum Gasteiger partial charge on any atom is -0.475 e. The first-order chi connectivity index (χ1) is 15.0. The number of carboxylic acid groups (broad SMARTS) is 1. The summed E-state index contributed by atoms with van der Waals surface area (Å²) in [5.74, 6) is -0.975. The lowest BCUT2D eigenvalue weighted by molar-refractivity contribution is -0.133. The Balaban J connectivity index is 1.31. The van der Waals surface area contributed by atoms with Gasteiger partial charge < -0.3 is 24.7 Å². The third kappa shape index (κ3) is 5.22. The molecule has 166 valence electrons. The largest absolute Gasteiger partial charge is 0.475 e. The second kappa shape index (κ2) is 9.47. The average molecular weight is 430 g/mol. The summed E-state index contributed by atoms with van der Waals surface area (Å²) in [7, 11) is 0. The highest BCUT2D eigenvalue weighted by molar-refractivity contribution is 5.84. The van der Waals surface area contributed by atoms with Crippen LogP contribution in [0.25, 0.3) is 0 Å². The van der Waals surface area contributed by atoms with E-state index < -0.39 is 5.97 Å². The number of carboxylic acids is 1. The first-order valence-electron chi connectivity index (χ1n) is 10.7. The molecule has 1 amide bonds. The molecule has 2 saturated heterocycles. The Kier molecular flexibility index (Phi) is 6.50. The van der Waals surface area contributed by atoms with E-state index in [2.05, 4.69) is 15.4 Å². The molecule has 0 radical (unpaired) electrons. The number of carbonyl (C=O) groups excluding carboxylic acids is 1. The number of aromatic nitrogens is 1. The maximum Gasteiger partial charge on any atom is 0.374 e. The van der Waals surface area contributed by atoms with Crippen LogP contribution >= 0.6 is 0 Å². The van der Waals surface area contributed by atoms with E-state index in [9.17, 15) is 14.0 Å². The predicted molar refractivity (Wildman–Crippen MR) is 111 cm³/mol. The second-order valence-electron chi connectivity index (χ2n) is 8.25. The van der Waals surface area contributed by atoms with Gasteiger partial charge in [-0.15, -0.1) is 0 Å². The molecular weight excluding hydrogens is 403 g/mol. The van der Waals surface area contributed by atoms with Crippen molar-refractivity contribution in [3.8, 4) is 0 Å². The SMILES string of the molecule is O=C(O)c1cc(C[C@H]2CNCC[C@@H]2CC(=O)N2CCN(c3ccc(F)cc3)CC2)no1. The van der Waals surface area contributed by atoms with Gasteiger partial charge in [-0.2, -0.15) is 0 Å². The van der Waals surface area contributed by atoms with Gasteiger partial charge in [-0.1, -0.05) is 5.16 Å². The van der Waals surface area contributed by atoms with Crippen LogP contribution in [0.5, 0.6) is 0 Å². The quantitative estimate of drug-likeness (QED) is 0.723. The van der Waals surface area contributed by atoms with Crippen molar-refractivity contribution in [2.24, 2.45) is 11.8 Å². The maximum atomic E-state index is 13.1. The van der Waals surface area contributed by atoms with Gasteiger partial charge in [0.2, 0.25) is 11.7 Å².